The van der Waals surface area contributed by atoms with Gasteiger partial charge in [-0.05, 0) is 68.6 Å². The molecule has 2 aliphatic rings. The molecule has 1 N–H and O–H groups in total. The molecule has 170 valence electrons. The van der Waals surface area contributed by atoms with Gasteiger partial charge < -0.3 is 5.32 Å². The van der Waals surface area contributed by atoms with Gasteiger partial charge >= 0.3 is 6.18 Å². The summed E-state index contributed by atoms with van der Waals surface area (Å²) in [6.07, 6.45) is 0.985. The van der Waals surface area contributed by atoms with Crippen molar-refractivity contribution in [1.29, 1.82) is 0 Å². The standard InChI is InChI=1S/C23H25F3N4OS/c1-3-15-6-7-19(32-15)17-10-20(23(24,25)26)30-21(28-17)11-18(29-30)22(31)27-12(2)16-9-13-4-5-14(16)8-13/h6-7,10-14,16H,3-5,8-9H2,1-2H3,(H,27,31)/t12-,13+,14+,16-/m1/s1. The minimum absolute atomic E-state index is 0.0130. The summed E-state index contributed by atoms with van der Waals surface area (Å²) in [6, 6.07) is 5.99. The average molecular weight is 463 g/mol. The maximum atomic E-state index is 13.8. The first-order valence-corrected chi connectivity index (χ1v) is 11.9. The molecule has 32 heavy (non-hydrogen) atoms. The van der Waals surface area contributed by atoms with Crippen LogP contribution in [0.4, 0.5) is 13.2 Å². The van der Waals surface area contributed by atoms with E-state index in [4.69, 9.17) is 0 Å². The van der Waals surface area contributed by atoms with E-state index in [2.05, 4.69) is 15.4 Å². The summed E-state index contributed by atoms with van der Waals surface area (Å²) >= 11 is 1.42. The molecule has 0 saturated heterocycles. The molecule has 2 aliphatic carbocycles. The highest BCUT2D eigenvalue weighted by Gasteiger charge is 2.42. The van der Waals surface area contributed by atoms with Crippen molar-refractivity contribution in [2.45, 2.75) is 58.2 Å². The number of aryl methyl sites for hydroxylation is 1. The highest BCUT2D eigenvalue weighted by molar-refractivity contribution is 7.15. The lowest BCUT2D eigenvalue weighted by Gasteiger charge is -2.28. The van der Waals surface area contributed by atoms with Crippen LogP contribution in [0.15, 0.2) is 24.3 Å². The van der Waals surface area contributed by atoms with Gasteiger partial charge in [0.15, 0.2) is 17.0 Å². The SMILES string of the molecule is CCc1ccc(-c2cc(C(F)(F)F)n3nc(C(=O)N[C@H](C)[C@H]4C[C@H]5CC[C@H]4C5)cc3n2)s1. The van der Waals surface area contributed by atoms with Crippen LogP contribution in [0.2, 0.25) is 0 Å². The molecule has 0 aliphatic heterocycles. The van der Waals surface area contributed by atoms with Crippen LogP contribution in [0.25, 0.3) is 16.2 Å². The predicted molar refractivity (Wildman–Crippen MR) is 117 cm³/mol. The van der Waals surface area contributed by atoms with Gasteiger partial charge in [-0.15, -0.1) is 11.3 Å². The number of halogens is 3. The van der Waals surface area contributed by atoms with Gasteiger partial charge in [-0.2, -0.15) is 18.3 Å². The molecule has 5 rings (SSSR count). The first kappa shape index (κ1) is 21.4. The lowest BCUT2D eigenvalue weighted by atomic mass is 9.84. The van der Waals surface area contributed by atoms with Crippen molar-refractivity contribution >= 4 is 22.9 Å². The molecule has 0 spiro atoms. The minimum atomic E-state index is -4.63. The average Bonchev–Trinajstić information content (AvgIpc) is 3.54. The zero-order valence-electron chi connectivity index (χ0n) is 17.9. The molecule has 5 nitrogen and oxygen atoms in total. The first-order valence-electron chi connectivity index (χ1n) is 11.1. The van der Waals surface area contributed by atoms with E-state index in [0.29, 0.717) is 16.7 Å². The number of amides is 1. The number of nitrogens with one attached hydrogen (secondary N) is 1. The largest absolute Gasteiger partial charge is 0.433 e. The molecular weight excluding hydrogens is 437 g/mol. The number of hydrogen-bond acceptors (Lipinski definition) is 4. The number of rotatable bonds is 5. The third-order valence-electron chi connectivity index (χ3n) is 7.01. The molecule has 1 amide bonds. The molecule has 2 fully saturated rings. The number of fused-ring (bicyclic) bond motifs is 3. The van der Waals surface area contributed by atoms with E-state index in [1.54, 1.807) is 6.07 Å². The van der Waals surface area contributed by atoms with E-state index >= 15 is 0 Å². The van der Waals surface area contributed by atoms with Gasteiger partial charge in [0, 0.05) is 17.0 Å². The van der Waals surface area contributed by atoms with Crippen molar-refractivity contribution in [2.75, 3.05) is 0 Å². The number of alkyl halides is 3. The molecule has 3 aromatic heterocycles. The van der Waals surface area contributed by atoms with E-state index in [9.17, 15) is 18.0 Å². The van der Waals surface area contributed by atoms with Gasteiger partial charge in [-0.1, -0.05) is 13.3 Å². The Hall–Kier alpha value is -2.42. The maximum Gasteiger partial charge on any atom is 0.433 e. The monoisotopic (exact) mass is 462 g/mol. The molecule has 3 aromatic rings. The topological polar surface area (TPSA) is 59.3 Å². The second-order valence-electron chi connectivity index (χ2n) is 9.04. The Morgan fingerprint density at radius 3 is 2.72 bits per heavy atom. The second-order valence-corrected chi connectivity index (χ2v) is 10.2. The molecular formula is C23H25F3N4OS. The van der Waals surface area contributed by atoms with Crippen LogP contribution in [0, 0.1) is 17.8 Å². The van der Waals surface area contributed by atoms with E-state index in [0.717, 1.165) is 34.2 Å². The summed E-state index contributed by atoms with van der Waals surface area (Å²) in [5.41, 5.74) is -0.740. The Morgan fingerprint density at radius 2 is 2.09 bits per heavy atom. The normalized spacial score (nSPS) is 23.7. The fourth-order valence-corrected chi connectivity index (χ4v) is 6.32. The third-order valence-corrected chi connectivity index (χ3v) is 8.26. The summed E-state index contributed by atoms with van der Waals surface area (Å²) < 4.78 is 42.2. The van der Waals surface area contributed by atoms with E-state index in [1.807, 2.05) is 19.9 Å². The lowest BCUT2D eigenvalue weighted by molar-refractivity contribution is -0.142. The Balaban J connectivity index is 1.46. The maximum absolute atomic E-state index is 13.8. The Labute approximate surface area is 188 Å². The number of nitrogens with zero attached hydrogens (tertiary/aromatic N) is 3. The molecule has 9 heteroatoms. The smallest absolute Gasteiger partial charge is 0.348 e. The van der Waals surface area contributed by atoms with Crippen LogP contribution in [0.1, 0.15) is 60.6 Å². The summed E-state index contributed by atoms with van der Waals surface area (Å²) in [5.74, 6) is 1.36. The van der Waals surface area contributed by atoms with E-state index in [-0.39, 0.29) is 23.1 Å². The van der Waals surface area contributed by atoms with Gasteiger partial charge in [-0.3, -0.25) is 4.79 Å². The summed E-state index contributed by atoms with van der Waals surface area (Å²) in [5, 5.41) is 6.97. The molecule has 4 atom stereocenters. The zero-order chi connectivity index (χ0) is 22.6. The predicted octanol–water partition coefficient (Wildman–Crippen LogP) is 5.59. The number of thiophene rings is 1. The van der Waals surface area contributed by atoms with Crippen LogP contribution >= 0.6 is 11.3 Å². The quantitative estimate of drug-likeness (QED) is 0.537. The molecule has 0 unspecified atom stereocenters. The van der Waals surface area contributed by atoms with Crippen LogP contribution in [-0.2, 0) is 12.6 Å². The van der Waals surface area contributed by atoms with Gasteiger partial charge in [0.2, 0.25) is 0 Å². The Bertz CT molecular complexity index is 1170. The summed E-state index contributed by atoms with van der Waals surface area (Å²) in [6.45, 7) is 3.98. The molecule has 0 radical (unpaired) electrons. The molecule has 0 aromatic carbocycles. The summed E-state index contributed by atoms with van der Waals surface area (Å²) in [7, 11) is 0. The number of aromatic nitrogens is 3. The van der Waals surface area contributed by atoms with E-state index in [1.165, 1.54) is 36.7 Å². The first-order chi connectivity index (χ1) is 15.2. The van der Waals surface area contributed by atoms with Crippen molar-refractivity contribution in [3.63, 3.8) is 0 Å². The molecule has 2 saturated carbocycles. The zero-order valence-corrected chi connectivity index (χ0v) is 18.8. The van der Waals surface area contributed by atoms with Crippen molar-refractivity contribution < 1.29 is 18.0 Å². The minimum Gasteiger partial charge on any atom is -0.348 e. The highest BCUT2D eigenvalue weighted by atomic mass is 32.1. The van der Waals surface area contributed by atoms with Gasteiger partial charge in [0.25, 0.3) is 5.91 Å². The Morgan fingerprint density at radius 1 is 1.28 bits per heavy atom. The van der Waals surface area contributed by atoms with Crippen LogP contribution in [0.5, 0.6) is 0 Å². The van der Waals surface area contributed by atoms with Crippen LogP contribution in [0.3, 0.4) is 0 Å². The van der Waals surface area contributed by atoms with Crippen molar-refractivity contribution in [3.8, 4) is 10.6 Å². The van der Waals surface area contributed by atoms with Crippen LogP contribution < -0.4 is 5.32 Å². The number of carbonyl (C=O) groups excluding carboxylic acids is 1. The molecule has 3 heterocycles. The lowest BCUT2D eigenvalue weighted by Crippen LogP contribution is -2.40. The summed E-state index contributed by atoms with van der Waals surface area (Å²) in [4.78, 5) is 19.0. The van der Waals surface area contributed by atoms with Gasteiger partial charge in [0.1, 0.15) is 0 Å². The Kier molecular flexibility index (Phi) is 5.27. The second kappa shape index (κ2) is 7.86. The van der Waals surface area contributed by atoms with E-state index < -0.39 is 17.8 Å². The fraction of sp³-hybridized carbons (Fsp3) is 0.522. The highest BCUT2D eigenvalue weighted by Crippen LogP contribution is 2.49. The fourth-order valence-electron chi connectivity index (χ4n) is 5.41. The van der Waals surface area contributed by atoms with Gasteiger partial charge in [0.05, 0.1) is 10.6 Å². The molecule has 2 bridgehead atoms. The van der Waals surface area contributed by atoms with Crippen molar-refractivity contribution in [2.24, 2.45) is 17.8 Å². The number of hydrogen-bond donors (Lipinski definition) is 1. The third kappa shape index (κ3) is 3.80. The van der Waals surface area contributed by atoms with Gasteiger partial charge in [-0.25, -0.2) is 9.50 Å². The van der Waals surface area contributed by atoms with Crippen molar-refractivity contribution in [1.82, 2.24) is 19.9 Å². The van der Waals surface area contributed by atoms with Crippen molar-refractivity contribution in [3.05, 3.63) is 40.5 Å². The number of carbonyl (C=O) groups is 1. The van der Waals surface area contributed by atoms with Crippen LogP contribution in [-0.4, -0.2) is 26.5 Å².